The SMILES string of the molecule is CCCN(CC(F)(F)F)C1CC(C(C)(C)C)CCC1NC. The summed E-state index contributed by atoms with van der Waals surface area (Å²) >= 11 is 0. The van der Waals surface area contributed by atoms with E-state index in [4.69, 9.17) is 0 Å². The quantitative estimate of drug-likeness (QED) is 0.824. The summed E-state index contributed by atoms with van der Waals surface area (Å²) in [5.74, 6) is 0.486. The first-order valence-corrected chi connectivity index (χ1v) is 8.06. The molecular weight excluding hydrogens is 277 g/mol. The second-order valence-electron chi connectivity index (χ2n) is 7.42. The van der Waals surface area contributed by atoms with Crippen LogP contribution < -0.4 is 5.32 Å². The summed E-state index contributed by atoms with van der Waals surface area (Å²) in [4.78, 5) is 1.65. The molecule has 5 heteroatoms. The van der Waals surface area contributed by atoms with Gasteiger partial charge in [0.05, 0.1) is 6.54 Å². The van der Waals surface area contributed by atoms with Gasteiger partial charge in [0.25, 0.3) is 0 Å². The minimum atomic E-state index is -4.12. The highest BCUT2D eigenvalue weighted by Gasteiger charge is 2.41. The molecule has 1 N–H and O–H groups in total. The fourth-order valence-corrected chi connectivity index (χ4v) is 3.55. The van der Waals surface area contributed by atoms with E-state index in [0.717, 1.165) is 25.7 Å². The summed E-state index contributed by atoms with van der Waals surface area (Å²) in [6.07, 6.45) is -0.463. The molecule has 0 heterocycles. The van der Waals surface area contributed by atoms with Crippen LogP contribution in [0.15, 0.2) is 0 Å². The molecule has 0 saturated heterocycles. The van der Waals surface area contributed by atoms with E-state index >= 15 is 0 Å². The fourth-order valence-electron chi connectivity index (χ4n) is 3.55. The number of nitrogens with zero attached hydrogens (tertiary/aromatic N) is 1. The number of rotatable bonds is 5. The summed E-state index contributed by atoms with van der Waals surface area (Å²) in [7, 11) is 1.87. The first-order valence-electron chi connectivity index (χ1n) is 8.06. The molecular formula is C16H31F3N2. The lowest BCUT2D eigenvalue weighted by molar-refractivity contribution is -0.155. The summed E-state index contributed by atoms with van der Waals surface area (Å²) in [6, 6.07) is 0.145. The zero-order chi connectivity index (χ0) is 16.3. The molecule has 1 saturated carbocycles. The lowest BCUT2D eigenvalue weighted by Gasteiger charge is -2.46. The van der Waals surface area contributed by atoms with Crippen LogP contribution in [-0.2, 0) is 0 Å². The normalized spacial score (nSPS) is 28.1. The number of hydrogen-bond donors (Lipinski definition) is 1. The Labute approximate surface area is 127 Å². The zero-order valence-electron chi connectivity index (χ0n) is 14.1. The molecule has 1 rings (SSSR count). The summed E-state index contributed by atoms with van der Waals surface area (Å²) < 4.78 is 38.7. The van der Waals surface area contributed by atoms with Crippen LogP contribution in [0.2, 0.25) is 0 Å². The highest BCUT2D eigenvalue weighted by molar-refractivity contribution is 4.94. The van der Waals surface area contributed by atoms with Crippen molar-refractivity contribution in [3.05, 3.63) is 0 Å². The minimum Gasteiger partial charge on any atom is -0.315 e. The Kier molecular flexibility index (Phi) is 6.54. The first kappa shape index (κ1) is 18.8. The average molecular weight is 308 g/mol. The van der Waals surface area contributed by atoms with Gasteiger partial charge in [-0.2, -0.15) is 13.2 Å². The molecule has 0 aromatic rings. The third kappa shape index (κ3) is 5.78. The molecule has 0 amide bonds. The topological polar surface area (TPSA) is 15.3 Å². The van der Waals surface area contributed by atoms with Crippen molar-refractivity contribution in [2.45, 2.75) is 71.6 Å². The highest BCUT2D eigenvalue weighted by atomic mass is 19.4. The predicted octanol–water partition coefficient (Wildman–Crippen LogP) is 4.06. The van der Waals surface area contributed by atoms with Gasteiger partial charge in [-0.05, 0) is 50.6 Å². The standard InChI is InChI=1S/C16H31F3N2/c1-6-9-21(11-16(17,18)19)14-10-12(15(2,3)4)7-8-13(14)20-5/h12-14,20H,6-11H2,1-5H3. The molecule has 0 aromatic carbocycles. The maximum atomic E-state index is 12.9. The Morgan fingerprint density at radius 2 is 1.76 bits per heavy atom. The molecule has 1 fully saturated rings. The number of nitrogens with one attached hydrogen (secondary N) is 1. The van der Waals surface area contributed by atoms with Crippen molar-refractivity contribution in [1.29, 1.82) is 0 Å². The van der Waals surface area contributed by atoms with Gasteiger partial charge in [0.2, 0.25) is 0 Å². The van der Waals surface area contributed by atoms with E-state index in [2.05, 4.69) is 26.1 Å². The van der Waals surface area contributed by atoms with E-state index in [0.29, 0.717) is 12.5 Å². The average Bonchev–Trinajstić information content (AvgIpc) is 2.35. The van der Waals surface area contributed by atoms with E-state index in [1.165, 1.54) is 0 Å². The molecule has 3 atom stereocenters. The van der Waals surface area contributed by atoms with Crippen LogP contribution in [0.5, 0.6) is 0 Å². The first-order chi connectivity index (χ1) is 9.58. The van der Waals surface area contributed by atoms with Gasteiger partial charge in [0.1, 0.15) is 0 Å². The molecule has 0 radical (unpaired) electrons. The second-order valence-corrected chi connectivity index (χ2v) is 7.42. The summed E-state index contributed by atoms with van der Waals surface area (Å²) in [5, 5.41) is 3.24. The van der Waals surface area contributed by atoms with E-state index in [1.54, 1.807) is 4.90 Å². The fraction of sp³-hybridized carbons (Fsp3) is 1.00. The van der Waals surface area contributed by atoms with E-state index in [-0.39, 0.29) is 17.5 Å². The van der Waals surface area contributed by atoms with Crippen LogP contribution in [0, 0.1) is 11.3 Å². The number of likely N-dealkylation sites (N-methyl/N-ethyl adjacent to an activating group) is 1. The maximum absolute atomic E-state index is 12.9. The molecule has 0 bridgehead atoms. The molecule has 1 aliphatic rings. The Hall–Kier alpha value is -0.290. The Morgan fingerprint density at radius 1 is 1.14 bits per heavy atom. The lowest BCUT2D eigenvalue weighted by Crippen LogP contribution is -2.55. The predicted molar refractivity (Wildman–Crippen MR) is 81.4 cm³/mol. The monoisotopic (exact) mass is 308 g/mol. The molecule has 0 aromatic heterocycles. The molecule has 2 nitrogen and oxygen atoms in total. The van der Waals surface area contributed by atoms with Crippen LogP contribution in [0.4, 0.5) is 13.2 Å². The van der Waals surface area contributed by atoms with Crippen molar-refractivity contribution in [3.63, 3.8) is 0 Å². The molecule has 0 aliphatic heterocycles. The maximum Gasteiger partial charge on any atom is 0.401 e. The number of alkyl halides is 3. The van der Waals surface area contributed by atoms with Crippen LogP contribution in [0.1, 0.15) is 53.4 Å². The minimum absolute atomic E-state index is 0.0189. The van der Waals surface area contributed by atoms with Crippen molar-refractivity contribution >= 4 is 0 Å². The second kappa shape index (κ2) is 7.32. The zero-order valence-corrected chi connectivity index (χ0v) is 14.1. The van der Waals surface area contributed by atoms with E-state index in [1.807, 2.05) is 14.0 Å². The van der Waals surface area contributed by atoms with Crippen molar-refractivity contribution in [3.8, 4) is 0 Å². The van der Waals surface area contributed by atoms with Gasteiger partial charge in [-0.1, -0.05) is 27.7 Å². The molecule has 21 heavy (non-hydrogen) atoms. The van der Waals surface area contributed by atoms with Crippen LogP contribution >= 0.6 is 0 Å². The molecule has 126 valence electrons. The molecule has 0 spiro atoms. The van der Waals surface area contributed by atoms with Crippen LogP contribution in [0.25, 0.3) is 0 Å². The van der Waals surface area contributed by atoms with Gasteiger partial charge in [-0.15, -0.1) is 0 Å². The van der Waals surface area contributed by atoms with Crippen molar-refractivity contribution in [2.75, 3.05) is 20.1 Å². The van der Waals surface area contributed by atoms with Gasteiger partial charge in [0, 0.05) is 12.1 Å². The van der Waals surface area contributed by atoms with Crippen molar-refractivity contribution < 1.29 is 13.2 Å². The number of hydrogen-bond acceptors (Lipinski definition) is 2. The van der Waals surface area contributed by atoms with Crippen molar-refractivity contribution in [1.82, 2.24) is 10.2 Å². The van der Waals surface area contributed by atoms with Crippen molar-refractivity contribution in [2.24, 2.45) is 11.3 Å². The Morgan fingerprint density at radius 3 is 2.19 bits per heavy atom. The molecule has 1 aliphatic carbocycles. The largest absolute Gasteiger partial charge is 0.401 e. The van der Waals surface area contributed by atoms with Crippen LogP contribution in [-0.4, -0.2) is 43.3 Å². The third-order valence-electron chi connectivity index (χ3n) is 4.77. The van der Waals surface area contributed by atoms with Gasteiger partial charge < -0.3 is 5.32 Å². The Bertz CT molecular complexity index is 310. The van der Waals surface area contributed by atoms with Gasteiger partial charge in [0.15, 0.2) is 0 Å². The van der Waals surface area contributed by atoms with Gasteiger partial charge in [-0.25, -0.2) is 0 Å². The van der Waals surface area contributed by atoms with Gasteiger partial charge in [-0.3, -0.25) is 4.90 Å². The van der Waals surface area contributed by atoms with Crippen LogP contribution in [0.3, 0.4) is 0 Å². The summed E-state index contributed by atoms with van der Waals surface area (Å²) in [5.41, 5.74) is 0.160. The lowest BCUT2D eigenvalue weighted by atomic mass is 9.69. The van der Waals surface area contributed by atoms with Gasteiger partial charge >= 0.3 is 6.18 Å². The Balaban J connectivity index is 2.88. The smallest absolute Gasteiger partial charge is 0.315 e. The van der Waals surface area contributed by atoms with E-state index < -0.39 is 12.7 Å². The highest BCUT2D eigenvalue weighted by Crippen LogP contribution is 2.40. The van der Waals surface area contributed by atoms with E-state index in [9.17, 15) is 13.2 Å². The number of halogens is 3. The summed E-state index contributed by atoms with van der Waals surface area (Å²) in [6.45, 7) is 8.26. The third-order valence-corrected chi connectivity index (χ3v) is 4.77. The molecule has 3 unspecified atom stereocenters.